The molecule has 0 amide bonds. The summed E-state index contributed by atoms with van der Waals surface area (Å²) in [4.78, 5) is 2.00. The highest BCUT2D eigenvalue weighted by Crippen LogP contribution is 2.21. The molecule has 0 aliphatic carbocycles. The molecule has 0 spiro atoms. The summed E-state index contributed by atoms with van der Waals surface area (Å²) >= 11 is 0. The van der Waals surface area contributed by atoms with Gasteiger partial charge in [-0.1, -0.05) is 18.2 Å². The van der Waals surface area contributed by atoms with Gasteiger partial charge in [0.25, 0.3) is 0 Å². The number of aryl methyl sites for hydroxylation is 2. The Labute approximate surface area is 130 Å². The lowest BCUT2D eigenvalue weighted by atomic mass is 10.1. The zero-order valence-corrected chi connectivity index (χ0v) is 13.5. The number of aromatic nitrogens is 2. The van der Waals surface area contributed by atoms with Gasteiger partial charge in [0.15, 0.2) is 0 Å². The van der Waals surface area contributed by atoms with Gasteiger partial charge in [-0.3, -0.25) is 4.68 Å². The van der Waals surface area contributed by atoms with Gasteiger partial charge in [-0.15, -0.1) is 0 Å². The van der Waals surface area contributed by atoms with Crippen molar-refractivity contribution in [1.29, 1.82) is 0 Å². The smallest absolute Gasteiger partial charge is 0.130 e. The first-order chi connectivity index (χ1) is 10.4. The van der Waals surface area contributed by atoms with Crippen molar-refractivity contribution in [3.05, 3.63) is 46.9 Å². The van der Waals surface area contributed by atoms with Gasteiger partial charge in [-0.25, -0.2) is 4.39 Å². The van der Waals surface area contributed by atoms with E-state index in [1.165, 1.54) is 6.07 Å². The van der Waals surface area contributed by atoms with E-state index in [0.29, 0.717) is 12.1 Å². The number of hydrogen-bond donors (Lipinski definition) is 2. The fraction of sp³-hybridized carbons (Fsp3) is 0.438. The van der Waals surface area contributed by atoms with Crippen LogP contribution in [0, 0.1) is 12.7 Å². The minimum absolute atomic E-state index is 0.280. The van der Waals surface area contributed by atoms with Crippen molar-refractivity contribution in [2.45, 2.75) is 19.6 Å². The molecule has 2 aromatic rings. The van der Waals surface area contributed by atoms with Gasteiger partial charge in [0.05, 0.1) is 11.8 Å². The molecule has 2 rings (SSSR count). The molecule has 1 heterocycles. The van der Waals surface area contributed by atoms with Gasteiger partial charge in [-0.2, -0.15) is 5.10 Å². The van der Waals surface area contributed by atoms with Gasteiger partial charge in [0.2, 0.25) is 0 Å². The van der Waals surface area contributed by atoms with Gasteiger partial charge in [0, 0.05) is 45.4 Å². The van der Waals surface area contributed by atoms with Crippen molar-refractivity contribution in [3.63, 3.8) is 0 Å². The van der Waals surface area contributed by atoms with E-state index in [9.17, 15) is 9.50 Å². The number of hydrogen-bond acceptors (Lipinski definition) is 4. The van der Waals surface area contributed by atoms with Crippen LogP contribution >= 0.6 is 0 Å². The maximum absolute atomic E-state index is 13.6. The second-order valence-electron chi connectivity index (χ2n) is 5.57. The Bertz CT molecular complexity index is 639. The molecule has 0 bridgehead atoms. The SMILES string of the molecule is Cc1nn(C)c(N(C)C)c1CNCC(O)c1ccccc1F. The molecule has 2 N–H and O–H groups in total. The first-order valence-corrected chi connectivity index (χ1v) is 7.24. The zero-order chi connectivity index (χ0) is 16.3. The molecule has 0 radical (unpaired) electrons. The van der Waals surface area contributed by atoms with E-state index in [1.807, 2.05) is 37.6 Å². The monoisotopic (exact) mass is 306 g/mol. The van der Waals surface area contributed by atoms with Crippen LogP contribution in [0.1, 0.15) is 22.9 Å². The molecular weight excluding hydrogens is 283 g/mol. The van der Waals surface area contributed by atoms with E-state index >= 15 is 0 Å². The number of nitrogens with zero attached hydrogens (tertiary/aromatic N) is 3. The zero-order valence-electron chi connectivity index (χ0n) is 13.5. The lowest BCUT2D eigenvalue weighted by molar-refractivity contribution is 0.169. The summed E-state index contributed by atoms with van der Waals surface area (Å²) < 4.78 is 15.5. The molecular formula is C16H23FN4O. The normalized spacial score (nSPS) is 12.5. The average Bonchev–Trinajstić information content (AvgIpc) is 2.73. The van der Waals surface area contributed by atoms with Crippen molar-refractivity contribution in [2.75, 3.05) is 25.5 Å². The van der Waals surface area contributed by atoms with Crippen LogP contribution in [0.15, 0.2) is 24.3 Å². The third-order valence-electron chi connectivity index (χ3n) is 3.64. The molecule has 6 heteroatoms. The number of benzene rings is 1. The Morgan fingerprint density at radius 3 is 2.68 bits per heavy atom. The van der Waals surface area contributed by atoms with Gasteiger partial charge in [0.1, 0.15) is 11.6 Å². The molecule has 0 fully saturated rings. The largest absolute Gasteiger partial charge is 0.387 e. The van der Waals surface area contributed by atoms with Crippen LogP contribution in [0.5, 0.6) is 0 Å². The van der Waals surface area contributed by atoms with Crippen LogP contribution in [0.25, 0.3) is 0 Å². The molecule has 0 saturated heterocycles. The Balaban J connectivity index is 2.01. The molecule has 1 aromatic carbocycles. The van der Waals surface area contributed by atoms with Crippen molar-refractivity contribution in [2.24, 2.45) is 7.05 Å². The van der Waals surface area contributed by atoms with Crippen molar-refractivity contribution < 1.29 is 9.50 Å². The van der Waals surface area contributed by atoms with E-state index in [0.717, 1.165) is 17.1 Å². The third kappa shape index (κ3) is 3.45. The third-order valence-corrected chi connectivity index (χ3v) is 3.64. The van der Waals surface area contributed by atoms with E-state index in [-0.39, 0.29) is 12.4 Å². The maximum Gasteiger partial charge on any atom is 0.130 e. The summed E-state index contributed by atoms with van der Waals surface area (Å²) in [6, 6.07) is 6.29. The molecule has 22 heavy (non-hydrogen) atoms. The second kappa shape index (κ2) is 6.89. The number of halogens is 1. The van der Waals surface area contributed by atoms with E-state index in [4.69, 9.17) is 0 Å². The van der Waals surface area contributed by atoms with Gasteiger partial charge >= 0.3 is 0 Å². The minimum atomic E-state index is -0.874. The quantitative estimate of drug-likeness (QED) is 0.854. The van der Waals surface area contributed by atoms with Crippen LogP contribution in [0.2, 0.25) is 0 Å². The number of anilines is 1. The molecule has 5 nitrogen and oxygen atoms in total. The predicted molar refractivity (Wildman–Crippen MR) is 85.3 cm³/mol. The minimum Gasteiger partial charge on any atom is -0.387 e. The summed E-state index contributed by atoms with van der Waals surface area (Å²) in [5, 5.41) is 17.7. The molecule has 1 atom stereocenters. The fourth-order valence-electron chi connectivity index (χ4n) is 2.65. The summed E-state index contributed by atoms with van der Waals surface area (Å²) in [7, 11) is 5.84. The topological polar surface area (TPSA) is 53.3 Å². The Morgan fingerprint density at radius 1 is 1.36 bits per heavy atom. The van der Waals surface area contributed by atoms with Crippen LogP contribution in [-0.4, -0.2) is 35.5 Å². The number of nitrogens with one attached hydrogen (secondary N) is 1. The highest BCUT2D eigenvalue weighted by atomic mass is 19.1. The van der Waals surface area contributed by atoms with Crippen LogP contribution in [-0.2, 0) is 13.6 Å². The summed E-state index contributed by atoms with van der Waals surface area (Å²) in [5.41, 5.74) is 2.33. The van der Waals surface area contributed by atoms with Gasteiger partial charge in [-0.05, 0) is 13.0 Å². The molecule has 120 valence electrons. The van der Waals surface area contributed by atoms with Crippen molar-refractivity contribution in [3.8, 4) is 0 Å². The van der Waals surface area contributed by atoms with E-state index in [2.05, 4.69) is 10.4 Å². The van der Waals surface area contributed by atoms with Crippen molar-refractivity contribution >= 4 is 5.82 Å². The van der Waals surface area contributed by atoms with Gasteiger partial charge < -0.3 is 15.3 Å². The first-order valence-electron chi connectivity index (χ1n) is 7.24. The number of aliphatic hydroxyl groups is 1. The standard InChI is InChI=1S/C16H23FN4O/c1-11-13(16(20(2)3)21(4)19-11)9-18-10-15(22)12-7-5-6-8-14(12)17/h5-8,15,18,22H,9-10H2,1-4H3. The molecule has 0 aliphatic rings. The summed E-state index contributed by atoms with van der Waals surface area (Å²) in [6.07, 6.45) is -0.874. The lowest BCUT2D eigenvalue weighted by Gasteiger charge is -2.17. The van der Waals surface area contributed by atoms with E-state index in [1.54, 1.807) is 18.2 Å². The van der Waals surface area contributed by atoms with Crippen LogP contribution < -0.4 is 10.2 Å². The molecule has 1 unspecified atom stereocenters. The summed E-state index contributed by atoms with van der Waals surface area (Å²) in [5.74, 6) is 0.633. The average molecular weight is 306 g/mol. The van der Waals surface area contributed by atoms with E-state index < -0.39 is 6.10 Å². The van der Waals surface area contributed by atoms with Crippen LogP contribution in [0.3, 0.4) is 0 Å². The Hall–Kier alpha value is -1.92. The first kappa shape index (κ1) is 16.5. The molecule has 1 aromatic heterocycles. The molecule has 0 saturated carbocycles. The highest BCUT2D eigenvalue weighted by molar-refractivity contribution is 5.48. The lowest BCUT2D eigenvalue weighted by Crippen LogP contribution is -2.23. The Morgan fingerprint density at radius 2 is 2.05 bits per heavy atom. The number of rotatable bonds is 6. The fourth-order valence-corrected chi connectivity index (χ4v) is 2.65. The van der Waals surface area contributed by atoms with Crippen molar-refractivity contribution in [1.82, 2.24) is 15.1 Å². The van der Waals surface area contributed by atoms with Crippen LogP contribution in [0.4, 0.5) is 10.2 Å². The maximum atomic E-state index is 13.6. The number of aliphatic hydroxyl groups excluding tert-OH is 1. The molecule has 0 aliphatic heterocycles. The predicted octanol–water partition coefficient (Wildman–Crippen LogP) is 1.76. The second-order valence-corrected chi connectivity index (χ2v) is 5.57. The summed E-state index contributed by atoms with van der Waals surface area (Å²) in [6.45, 7) is 2.80. The Kier molecular flexibility index (Phi) is 5.15. The highest BCUT2D eigenvalue weighted by Gasteiger charge is 2.16.